The third kappa shape index (κ3) is 3.51. The van der Waals surface area contributed by atoms with Crippen LogP contribution in [0.15, 0.2) is 36.4 Å². The molecule has 1 aromatic carbocycles. The SMILES string of the molecule is O=C1CC(C(=O)N(CC=Cc2ccccc2)C2CC2)CN1. The quantitative estimate of drug-likeness (QED) is 0.896. The van der Waals surface area contributed by atoms with Crippen molar-refractivity contribution in [2.24, 2.45) is 5.92 Å². The Morgan fingerprint density at radius 1 is 1.29 bits per heavy atom. The predicted molar refractivity (Wildman–Crippen MR) is 81.3 cm³/mol. The van der Waals surface area contributed by atoms with Crippen molar-refractivity contribution in [2.45, 2.75) is 25.3 Å². The smallest absolute Gasteiger partial charge is 0.228 e. The molecule has 0 radical (unpaired) electrons. The maximum Gasteiger partial charge on any atom is 0.228 e. The van der Waals surface area contributed by atoms with Crippen molar-refractivity contribution in [1.82, 2.24) is 10.2 Å². The van der Waals surface area contributed by atoms with Gasteiger partial charge >= 0.3 is 0 Å². The molecule has 0 aromatic heterocycles. The third-order valence-corrected chi connectivity index (χ3v) is 4.01. The van der Waals surface area contributed by atoms with E-state index in [0.29, 0.717) is 25.6 Å². The van der Waals surface area contributed by atoms with E-state index in [-0.39, 0.29) is 17.7 Å². The monoisotopic (exact) mass is 284 g/mol. The summed E-state index contributed by atoms with van der Waals surface area (Å²) in [5, 5.41) is 2.74. The molecule has 3 rings (SSSR count). The zero-order valence-electron chi connectivity index (χ0n) is 12.0. The number of amides is 2. The Kier molecular flexibility index (Phi) is 4.04. The van der Waals surface area contributed by atoms with Gasteiger partial charge in [-0.3, -0.25) is 9.59 Å². The Hall–Kier alpha value is -2.10. The van der Waals surface area contributed by atoms with Gasteiger partial charge in [0.1, 0.15) is 0 Å². The van der Waals surface area contributed by atoms with Gasteiger partial charge < -0.3 is 10.2 Å². The van der Waals surface area contributed by atoms with Gasteiger partial charge in [0, 0.05) is 25.6 Å². The first-order chi connectivity index (χ1) is 10.2. The summed E-state index contributed by atoms with van der Waals surface area (Å²) < 4.78 is 0. The van der Waals surface area contributed by atoms with Gasteiger partial charge in [0.2, 0.25) is 11.8 Å². The summed E-state index contributed by atoms with van der Waals surface area (Å²) in [7, 11) is 0. The van der Waals surface area contributed by atoms with Crippen LogP contribution >= 0.6 is 0 Å². The second kappa shape index (κ2) is 6.12. The highest BCUT2D eigenvalue weighted by Gasteiger charge is 2.37. The Morgan fingerprint density at radius 2 is 2.05 bits per heavy atom. The Balaban J connectivity index is 1.61. The van der Waals surface area contributed by atoms with Gasteiger partial charge in [-0.05, 0) is 18.4 Å². The lowest BCUT2D eigenvalue weighted by molar-refractivity contribution is -0.135. The molecule has 1 heterocycles. The number of nitrogens with one attached hydrogen (secondary N) is 1. The summed E-state index contributed by atoms with van der Waals surface area (Å²) >= 11 is 0. The lowest BCUT2D eigenvalue weighted by Crippen LogP contribution is -2.38. The van der Waals surface area contributed by atoms with Crippen LogP contribution in [-0.4, -0.2) is 35.8 Å². The number of nitrogens with zero attached hydrogens (tertiary/aromatic N) is 1. The fraction of sp³-hybridized carbons (Fsp3) is 0.412. The molecule has 2 amide bonds. The highest BCUT2D eigenvalue weighted by Crippen LogP contribution is 2.29. The topological polar surface area (TPSA) is 49.4 Å². The van der Waals surface area contributed by atoms with Crippen LogP contribution < -0.4 is 5.32 Å². The van der Waals surface area contributed by atoms with Crippen molar-refractivity contribution in [3.8, 4) is 0 Å². The minimum atomic E-state index is -0.178. The molecule has 0 bridgehead atoms. The first kappa shape index (κ1) is 13.9. The van der Waals surface area contributed by atoms with E-state index in [0.717, 1.165) is 18.4 Å². The number of hydrogen-bond acceptors (Lipinski definition) is 2. The fourth-order valence-electron chi connectivity index (χ4n) is 2.69. The molecule has 1 aliphatic carbocycles. The van der Waals surface area contributed by atoms with E-state index >= 15 is 0 Å². The second-order valence-electron chi connectivity index (χ2n) is 5.74. The molecule has 1 unspecified atom stereocenters. The number of carbonyl (C=O) groups excluding carboxylic acids is 2. The van der Waals surface area contributed by atoms with Crippen LogP contribution in [-0.2, 0) is 9.59 Å². The lowest BCUT2D eigenvalue weighted by atomic mass is 10.1. The van der Waals surface area contributed by atoms with Crippen molar-refractivity contribution >= 4 is 17.9 Å². The van der Waals surface area contributed by atoms with Crippen LogP contribution in [0.2, 0.25) is 0 Å². The lowest BCUT2D eigenvalue weighted by Gasteiger charge is -2.23. The van der Waals surface area contributed by atoms with E-state index in [1.807, 2.05) is 47.4 Å². The van der Waals surface area contributed by atoms with Gasteiger partial charge in [-0.15, -0.1) is 0 Å². The minimum Gasteiger partial charge on any atom is -0.355 e. The van der Waals surface area contributed by atoms with Gasteiger partial charge in [-0.2, -0.15) is 0 Å². The molecule has 21 heavy (non-hydrogen) atoms. The maximum absolute atomic E-state index is 12.5. The molecule has 1 N–H and O–H groups in total. The van der Waals surface area contributed by atoms with E-state index in [1.165, 1.54) is 0 Å². The first-order valence-corrected chi connectivity index (χ1v) is 7.53. The zero-order chi connectivity index (χ0) is 14.7. The highest BCUT2D eigenvalue weighted by molar-refractivity contribution is 5.89. The number of rotatable bonds is 5. The molecule has 110 valence electrons. The molecule has 1 saturated heterocycles. The summed E-state index contributed by atoms with van der Waals surface area (Å²) in [4.78, 5) is 25.7. The zero-order valence-corrected chi connectivity index (χ0v) is 12.0. The van der Waals surface area contributed by atoms with Gasteiger partial charge in [-0.25, -0.2) is 0 Å². The summed E-state index contributed by atoms with van der Waals surface area (Å²) in [6.45, 7) is 1.12. The molecular formula is C17H20N2O2. The molecule has 1 saturated carbocycles. The Labute approximate surface area is 124 Å². The average Bonchev–Trinajstić information content (AvgIpc) is 3.25. The van der Waals surface area contributed by atoms with Crippen molar-refractivity contribution in [3.63, 3.8) is 0 Å². The van der Waals surface area contributed by atoms with Crippen molar-refractivity contribution in [1.29, 1.82) is 0 Å². The van der Waals surface area contributed by atoms with Gasteiger partial charge in [0.05, 0.1) is 5.92 Å². The number of hydrogen-bond donors (Lipinski definition) is 1. The van der Waals surface area contributed by atoms with Gasteiger partial charge in [-0.1, -0.05) is 42.5 Å². The van der Waals surface area contributed by atoms with Crippen LogP contribution in [0.5, 0.6) is 0 Å². The van der Waals surface area contributed by atoms with Crippen LogP contribution in [0.3, 0.4) is 0 Å². The van der Waals surface area contributed by atoms with Crippen molar-refractivity contribution < 1.29 is 9.59 Å². The van der Waals surface area contributed by atoms with Crippen LogP contribution in [0.1, 0.15) is 24.8 Å². The van der Waals surface area contributed by atoms with Crippen LogP contribution in [0.25, 0.3) is 6.08 Å². The summed E-state index contributed by atoms with van der Waals surface area (Å²) in [5.74, 6) is -0.0688. The Morgan fingerprint density at radius 3 is 2.67 bits per heavy atom. The summed E-state index contributed by atoms with van der Waals surface area (Å²) in [6.07, 6.45) is 6.58. The van der Waals surface area contributed by atoms with Crippen LogP contribution in [0, 0.1) is 5.92 Å². The molecule has 2 fully saturated rings. The number of carbonyl (C=O) groups is 2. The molecule has 1 aromatic rings. The number of benzene rings is 1. The fourth-order valence-corrected chi connectivity index (χ4v) is 2.69. The van der Waals surface area contributed by atoms with Gasteiger partial charge in [0.25, 0.3) is 0 Å². The molecular weight excluding hydrogens is 264 g/mol. The summed E-state index contributed by atoms with van der Waals surface area (Å²) in [5.41, 5.74) is 1.14. The van der Waals surface area contributed by atoms with E-state index in [9.17, 15) is 9.59 Å². The molecule has 0 spiro atoms. The molecule has 4 nitrogen and oxygen atoms in total. The standard InChI is InChI=1S/C17H20N2O2/c20-16-11-14(12-18-16)17(21)19(15-8-9-15)10-4-7-13-5-2-1-3-6-13/h1-7,14-15H,8-12H2,(H,18,20). The average molecular weight is 284 g/mol. The third-order valence-electron chi connectivity index (χ3n) is 4.01. The Bertz CT molecular complexity index is 549. The molecule has 4 heteroatoms. The molecule has 1 atom stereocenters. The second-order valence-corrected chi connectivity index (χ2v) is 5.74. The van der Waals surface area contributed by atoms with Gasteiger partial charge in [0.15, 0.2) is 0 Å². The van der Waals surface area contributed by atoms with E-state index in [2.05, 4.69) is 5.32 Å². The predicted octanol–water partition coefficient (Wildman–Crippen LogP) is 1.83. The molecule has 2 aliphatic rings. The highest BCUT2D eigenvalue weighted by atomic mass is 16.2. The summed E-state index contributed by atoms with van der Waals surface area (Å²) in [6, 6.07) is 10.4. The largest absolute Gasteiger partial charge is 0.355 e. The van der Waals surface area contributed by atoms with Crippen LogP contribution in [0.4, 0.5) is 0 Å². The normalized spacial score (nSPS) is 21.5. The first-order valence-electron chi connectivity index (χ1n) is 7.53. The maximum atomic E-state index is 12.5. The van der Waals surface area contributed by atoms with E-state index < -0.39 is 0 Å². The van der Waals surface area contributed by atoms with Crippen molar-refractivity contribution in [2.75, 3.05) is 13.1 Å². The van der Waals surface area contributed by atoms with E-state index in [4.69, 9.17) is 0 Å². The van der Waals surface area contributed by atoms with E-state index in [1.54, 1.807) is 0 Å². The van der Waals surface area contributed by atoms with Crippen molar-refractivity contribution in [3.05, 3.63) is 42.0 Å². The molecule has 1 aliphatic heterocycles. The minimum absolute atomic E-state index is 0.0103.